The third-order valence-electron chi connectivity index (χ3n) is 10.9. The van der Waals surface area contributed by atoms with Crippen molar-refractivity contribution in [1.82, 2.24) is 26.7 Å². The number of nitrogens with one attached hydrogen (secondary N) is 4. The molecule has 3 aliphatic carbocycles. The minimum atomic E-state index is -0.670. The Balaban J connectivity index is 1.22. The van der Waals surface area contributed by atoms with Gasteiger partial charge in [-0.2, -0.15) is 0 Å². The fraction of sp³-hybridized carbons (Fsp3) is 0.727. The number of esters is 1. The number of carbonyl (C=O) groups excluding carboxylic acids is 2. The number of rotatable bonds is 10. The average Bonchev–Trinajstić information content (AvgIpc) is 3.58. The normalized spacial score (nSPS) is 29.3. The number of amidine groups is 1. The van der Waals surface area contributed by atoms with E-state index in [-0.39, 0.29) is 23.8 Å². The maximum atomic E-state index is 13.7. The van der Waals surface area contributed by atoms with Crippen LogP contribution in [0.25, 0.3) is 0 Å². The van der Waals surface area contributed by atoms with Crippen LogP contribution in [0.1, 0.15) is 89.6 Å². The third kappa shape index (κ3) is 6.48. The monoisotopic (exact) mass is 638 g/mol. The number of amides is 1. The minimum Gasteiger partial charge on any atom is -0.496 e. The highest BCUT2D eigenvalue weighted by Crippen LogP contribution is 2.65. The number of hydrazine groups is 2. The minimum absolute atomic E-state index is 0.0447. The van der Waals surface area contributed by atoms with Crippen molar-refractivity contribution >= 4 is 24.8 Å². The predicted octanol–water partition coefficient (Wildman–Crippen LogP) is 2.97. The zero-order valence-corrected chi connectivity index (χ0v) is 28.4. The van der Waals surface area contributed by atoms with Crippen LogP contribution in [-0.4, -0.2) is 79.8 Å². The van der Waals surface area contributed by atoms with Gasteiger partial charge in [0.1, 0.15) is 16.9 Å². The van der Waals surface area contributed by atoms with Gasteiger partial charge in [-0.05, 0) is 108 Å². The van der Waals surface area contributed by atoms with E-state index in [2.05, 4.69) is 47.6 Å². The molecule has 0 aromatic heterocycles. The summed E-state index contributed by atoms with van der Waals surface area (Å²) < 4.78 is 25.0. The van der Waals surface area contributed by atoms with E-state index >= 15 is 0 Å². The molecule has 0 unspecified atom stereocenters. The van der Waals surface area contributed by atoms with Gasteiger partial charge in [-0.3, -0.25) is 9.80 Å². The van der Waals surface area contributed by atoms with Gasteiger partial charge in [0.05, 0.1) is 31.2 Å². The molecule has 1 aromatic rings. The van der Waals surface area contributed by atoms with Crippen LogP contribution in [0.4, 0.5) is 0 Å². The van der Waals surface area contributed by atoms with Crippen molar-refractivity contribution in [3.05, 3.63) is 29.3 Å². The number of ether oxygens (including phenoxy) is 2. The number of hydrazone groups is 1. The summed E-state index contributed by atoms with van der Waals surface area (Å²) in [6, 6.07) is 5.42. The van der Waals surface area contributed by atoms with Crippen LogP contribution in [0, 0.1) is 23.2 Å². The standard InChI is InChI=1S/C33H51BN6O6/c1-31(2,3)44-30(42)23-10-8-9-21(29(23)43-7)15-26(34-45-25-17-22-16-24(32(22,4)5)33(25,6)46-34)36-28(41)18-27-37-38-39-40(27)19-20-11-13-35-14-12-20/h8-10,20,22,24-26,35,38-39H,11-19H2,1-7H3,(H,36,41)/t22-,24-,25+,26-,33-/m0/s1. The van der Waals surface area contributed by atoms with Crippen LogP contribution in [0.3, 0.4) is 0 Å². The van der Waals surface area contributed by atoms with Gasteiger partial charge in [-0.15, -0.1) is 10.6 Å². The molecule has 3 heterocycles. The lowest BCUT2D eigenvalue weighted by atomic mass is 9.43. The first-order valence-corrected chi connectivity index (χ1v) is 16.9. The van der Waals surface area contributed by atoms with E-state index < -0.39 is 30.2 Å². The van der Waals surface area contributed by atoms with Gasteiger partial charge in [-0.1, -0.05) is 26.0 Å². The lowest BCUT2D eigenvalue weighted by Crippen LogP contribution is -2.65. The van der Waals surface area contributed by atoms with Gasteiger partial charge in [0.25, 0.3) is 0 Å². The molecule has 1 aromatic carbocycles. The molecule has 7 rings (SSSR count). The summed E-state index contributed by atoms with van der Waals surface area (Å²) in [7, 11) is 0.875. The van der Waals surface area contributed by atoms with E-state index in [1.165, 1.54) is 0 Å². The Morgan fingerprint density at radius 3 is 2.65 bits per heavy atom. The van der Waals surface area contributed by atoms with Gasteiger partial charge in [0, 0.05) is 6.54 Å². The number of para-hydroxylation sites is 1. The molecule has 3 aliphatic heterocycles. The first-order valence-electron chi connectivity index (χ1n) is 16.9. The third-order valence-corrected chi connectivity index (χ3v) is 10.9. The maximum Gasteiger partial charge on any atom is 0.482 e. The molecule has 0 radical (unpaired) electrons. The highest BCUT2D eigenvalue weighted by atomic mass is 16.7. The van der Waals surface area contributed by atoms with Crippen LogP contribution in [0.2, 0.25) is 0 Å². The first kappa shape index (κ1) is 33.1. The molecular weight excluding hydrogens is 587 g/mol. The van der Waals surface area contributed by atoms with Gasteiger partial charge in [-0.25, -0.2) is 10.3 Å². The van der Waals surface area contributed by atoms with Crippen LogP contribution in [0.15, 0.2) is 23.3 Å². The molecule has 2 saturated heterocycles. The Hall–Kier alpha value is -2.87. The van der Waals surface area contributed by atoms with E-state index in [0.717, 1.165) is 50.9 Å². The summed E-state index contributed by atoms with van der Waals surface area (Å²) in [6.45, 7) is 15.1. The second-order valence-electron chi connectivity index (χ2n) is 15.4. The van der Waals surface area contributed by atoms with Crippen LogP contribution in [-0.2, 0) is 25.3 Å². The molecule has 252 valence electrons. The molecule has 5 fully saturated rings. The molecule has 12 nitrogen and oxygen atoms in total. The average molecular weight is 639 g/mol. The molecule has 3 saturated carbocycles. The summed E-state index contributed by atoms with van der Waals surface area (Å²) in [5, 5.41) is 12.9. The number of nitrogens with zero attached hydrogens (tertiary/aromatic N) is 2. The Morgan fingerprint density at radius 1 is 1.20 bits per heavy atom. The number of benzene rings is 1. The summed E-state index contributed by atoms with van der Waals surface area (Å²) in [6.07, 6.45) is 4.61. The summed E-state index contributed by atoms with van der Waals surface area (Å²) in [5.74, 6) is 1.35. The van der Waals surface area contributed by atoms with Gasteiger partial charge < -0.3 is 29.4 Å². The number of carbonyl (C=O) groups is 2. The SMILES string of the molecule is COc1c(C[C@H](NC(=O)CC2=NNNN2CC2CCNCC2)B2O[C@@H]3C[C@@H]4C[C@@H](C4(C)C)[C@]3(C)O2)cccc1C(=O)OC(C)(C)C. The van der Waals surface area contributed by atoms with Crippen molar-refractivity contribution in [3.63, 3.8) is 0 Å². The highest BCUT2D eigenvalue weighted by molar-refractivity contribution is 6.48. The van der Waals surface area contributed by atoms with Crippen molar-refractivity contribution in [2.45, 2.75) is 103 Å². The molecule has 1 amide bonds. The van der Waals surface area contributed by atoms with Crippen molar-refractivity contribution in [2.75, 3.05) is 26.7 Å². The van der Waals surface area contributed by atoms with E-state index in [0.29, 0.717) is 41.3 Å². The molecular formula is C33H51BN6O6. The van der Waals surface area contributed by atoms with Crippen molar-refractivity contribution in [2.24, 2.45) is 28.3 Å². The summed E-state index contributed by atoms with van der Waals surface area (Å²) >= 11 is 0. The van der Waals surface area contributed by atoms with Crippen LogP contribution >= 0.6 is 0 Å². The Bertz CT molecular complexity index is 1350. The van der Waals surface area contributed by atoms with Gasteiger partial charge >= 0.3 is 13.1 Å². The van der Waals surface area contributed by atoms with Gasteiger partial charge in [0.2, 0.25) is 5.91 Å². The number of methoxy groups -OCH3 is 1. The number of piperidine rings is 1. The van der Waals surface area contributed by atoms with E-state index in [1.54, 1.807) is 13.2 Å². The quantitative estimate of drug-likeness (QED) is 0.224. The molecule has 2 bridgehead atoms. The lowest BCUT2D eigenvalue weighted by Gasteiger charge is -2.64. The predicted molar refractivity (Wildman–Crippen MR) is 175 cm³/mol. The second-order valence-corrected chi connectivity index (χ2v) is 15.4. The fourth-order valence-corrected chi connectivity index (χ4v) is 8.29. The molecule has 5 atom stereocenters. The Morgan fingerprint density at radius 2 is 1.96 bits per heavy atom. The lowest BCUT2D eigenvalue weighted by molar-refractivity contribution is -0.199. The molecule has 4 N–H and O–H groups in total. The van der Waals surface area contributed by atoms with Gasteiger partial charge in [0.15, 0.2) is 5.84 Å². The second kappa shape index (κ2) is 12.6. The van der Waals surface area contributed by atoms with Crippen molar-refractivity contribution in [3.8, 4) is 5.75 Å². The summed E-state index contributed by atoms with van der Waals surface area (Å²) in [4.78, 5) is 26.9. The van der Waals surface area contributed by atoms with Crippen molar-refractivity contribution in [1.29, 1.82) is 0 Å². The number of hydrogen-bond donors (Lipinski definition) is 4. The zero-order valence-electron chi connectivity index (χ0n) is 28.4. The van der Waals surface area contributed by atoms with E-state index in [4.69, 9.17) is 18.8 Å². The molecule has 6 aliphatic rings. The first-order chi connectivity index (χ1) is 21.8. The number of hydrogen-bond acceptors (Lipinski definition) is 11. The smallest absolute Gasteiger partial charge is 0.482 e. The zero-order chi connectivity index (χ0) is 32.9. The topological polar surface area (TPSA) is 135 Å². The molecule has 0 spiro atoms. The van der Waals surface area contributed by atoms with E-state index in [9.17, 15) is 9.59 Å². The van der Waals surface area contributed by atoms with Crippen molar-refractivity contribution < 1.29 is 28.4 Å². The summed E-state index contributed by atoms with van der Waals surface area (Å²) in [5.41, 5.74) is 6.08. The Kier molecular flexibility index (Phi) is 9.07. The fourth-order valence-electron chi connectivity index (χ4n) is 8.29. The molecule has 13 heteroatoms. The van der Waals surface area contributed by atoms with E-state index in [1.807, 2.05) is 37.9 Å². The van der Waals surface area contributed by atoms with Crippen LogP contribution in [0.5, 0.6) is 5.75 Å². The molecule has 46 heavy (non-hydrogen) atoms. The highest BCUT2D eigenvalue weighted by Gasteiger charge is 2.68. The van der Waals surface area contributed by atoms with Crippen LogP contribution < -0.4 is 26.4 Å². The largest absolute Gasteiger partial charge is 0.496 e. The Labute approximate surface area is 273 Å². The maximum absolute atomic E-state index is 13.7.